The SMILES string of the molecule is Cc1cc2c3c(c1)-n1c4sc5ccccc5c4c4cc(C(C)(C)C)cc(c41)B3c1ccc(N(c3ccc(C(C)(C)C)cc3)c3ccc(C(C)(C)C)cc3)cc1N2c1ccc(C(C)(C)C)cc1-c1ccccc1. The molecule has 0 unspecified atom stereocenters. The zero-order valence-corrected chi connectivity index (χ0v) is 45.2. The molecule has 0 amide bonds. The van der Waals surface area contributed by atoms with Crippen molar-refractivity contribution in [2.45, 2.75) is 112 Å². The number of nitrogens with zero attached hydrogens (tertiary/aromatic N) is 3. The molecule has 8 aromatic carbocycles. The van der Waals surface area contributed by atoms with E-state index >= 15 is 0 Å². The molecule has 0 atom stereocenters. The Hall–Kier alpha value is -6.82. The molecular weight excluding hydrogens is 890 g/mol. The molecule has 72 heavy (non-hydrogen) atoms. The molecule has 0 aliphatic carbocycles. The minimum absolute atomic E-state index is 0.0110. The van der Waals surface area contributed by atoms with Crippen molar-refractivity contribution in [2.75, 3.05) is 9.80 Å². The standard InChI is InChI=1S/C67H66BN3S/c1-41-35-57-61-58(36-41)71-62-52(60-50-21-17-18-22-59(50)72-63(60)71)38-46(67(11,12)13)39-54(62)68(61)53-33-32-49(40-56(53)70(57)55-34-27-45(66(8,9)10)37-51(55)42-19-15-14-16-20-42)69(47-28-23-43(24-29-47)64(2,3)4)48-30-25-44(26-31-48)65(5,6)7/h14-40H,1-13H3. The first kappa shape index (κ1) is 46.3. The van der Waals surface area contributed by atoms with Gasteiger partial charge in [-0.05, 0) is 151 Å². The zero-order valence-electron chi connectivity index (χ0n) is 44.4. The second-order valence-electron chi connectivity index (χ2n) is 24.8. The van der Waals surface area contributed by atoms with E-state index in [1.54, 1.807) is 0 Å². The number of benzene rings is 8. The van der Waals surface area contributed by atoms with E-state index in [0.717, 1.165) is 17.1 Å². The van der Waals surface area contributed by atoms with Crippen LogP contribution in [-0.2, 0) is 21.7 Å². The lowest BCUT2D eigenvalue weighted by atomic mass is 9.33. The van der Waals surface area contributed by atoms with Gasteiger partial charge in [-0.25, -0.2) is 0 Å². The number of thiophene rings is 1. The number of hydrogen-bond acceptors (Lipinski definition) is 3. The van der Waals surface area contributed by atoms with Gasteiger partial charge in [-0.15, -0.1) is 11.3 Å². The summed E-state index contributed by atoms with van der Waals surface area (Å²) in [6.07, 6.45) is 0. The summed E-state index contributed by atoms with van der Waals surface area (Å²) in [6, 6.07) is 63.3. The maximum absolute atomic E-state index is 2.65. The van der Waals surface area contributed by atoms with Crippen LogP contribution in [0.25, 0.3) is 48.0 Å². The summed E-state index contributed by atoms with van der Waals surface area (Å²) < 4.78 is 3.98. The monoisotopic (exact) mass is 956 g/mol. The number of aromatic nitrogens is 1. The van der Waals surface area contributed by atoms with Crippen LogP contribution in [0.1, 0.15) is 111 Å². The molecule has 0 saturated carbocycles. The highest BCUT2D eigenvalue weighted by Crippen LogP contribution is 2.50. The fourth-order valence-electron chi connectivity index (χ4n) is 11.6. The maximum atomic E-state index is 2.65. The van der Waals surface area contributed by atoms with Crippen molar-refractivity contribution in [1.82, 2.24) is 4.57 Å². The Morgan fingerprint density at radius 1 is 0.444 bits per heavy atom. The van der Waals surface area contributed by atoms with Crippen LogP contribution in [0.4, 0.5) is 34.1 Å². The lowest BCUT2D eigenvalue weighted by Gasteiger charge is -2.42. The molecule has 0 spiro atoms. The van der Waals surface area contributed by atoms with Gasteiger partial charge in [-0.2, -0.15) is 0 Å². The molecule has 0 radical (unpaired) electrons. The van der Waals surface area contributed by atoms with Crippen molar-refractivity contribution in [1.29, 1.82) is 0 Å². The average Bonchev–Trinajstić information content (AvgIpc) is 3.87. The number of anilines is 6. The topological polar surface area (TPSA) is 11.4 Å². The van der Waals surface area contributed by atoms with Crippen LogP contribution < -0.4 is 26.2 Å². The Morgan fingerprint density at radius 3 is 1.64 bits per heavy atom. The maximum Gasteiger partial charge on any atom is 0.252 e. The first-order valence-corrected chi connectivity index (χ1v) is 26.8. The van der Waals surface area contributed by atoms with E-state index in [9.17, 15) is 0 Å². The summed E-state index contributed by atoms with van der Waals surface area (Å²) in [6.45, 7) is 30.2. The van der Waals surface area contributed by atoms with Crippen LogP contribution in [0, 0.1) is 6.92 Å². The van der Waals surface area contributed by atoms with E-state index in [2.05, 4.69) is 268 Å². The molecule has 0 bridgehead atoms. The number of rotatable bonds is 5. The van der Waals surface area contributed by atoms with E-state index in [0.29, 0.717) is 0 Å². The lowest BCUT2D eigenvalue weighted by molar-refractivity contribution is 0.590. The highest BCUT2D eigenvalue weighted by atomic mass is 32.1. The van der Waals surface area contributed by atoms with Crippen LogP contribution in [-0.4, -0.2) is 11.3 Å². The van der Waals surface area contributed by atoms with Gasteiger partial charge in [0.1, 0.15) is 4.83 Å². The smallest absolute Gasteiger partial charge is 0.252 e. The van der Waals surface area contributed by atoms with Gasteiger partial charge in [0.05, 0.1) is 11.2 Å². The van der Waals surface area contributed by atoms with Crippen LogP contribution in [0.2, 0.25) is 0 Å². The van der Waals surface area contributed by atoms with Gasteiger partial charge in [0.2, 0.25) is 0 Å². The Bertz CT molecular complexity index is 3730. The molecule has 2 aliphatic heterocycles. The van der Waals surface area contributed by atoms with Gasteiger partial charge in [-0.1, -0.05) is 174 Å². The van der Waals surface area contributed by atoms with E-state index < -0.39 is 0 Å². The Labute approximate surface area is 431 Å². The summed E-state index contributed by atoms with van der Waals surface area (Å²) in [4.78, 5) is 6.43. The van der Waals surface area contributed by atoms with E-state index in [-0.39, 0.29) is 28.4 Å². The van der Waals surface area contributed by atoms with Crippen LogP contribution in [0.3, 0.4) is 0 Å². The van der Waals surface area contributed by atoms with E-state index in [4.69, 9.17) is 0 Å². The fourth-order valence-corrected chi connectivity index (χ4v) is 12.9. The highest BCUT2D eigenvalue weighted by molar-refractivity contribution is 7.26. The minimum Gasteiger partial charge on any atom is -0.311 e. The van der Waals surface area contributed by atoms with E-state index in [1.165, 1.54) is 109 Å². The third kappa shape index (κ3) is 7.36. The fraction of sp³-hybridized carbons (Fsp3) is 0.254. The third-order valence-electron chi connectivity index (χ3n) is 15.6. The summed E-state index contributed by atoms with van der Waals surface area (Å²) in [5, 5.41) is 4.06. The number of aryl methyl sites for hydroxylation is 1. The molecule has 10 aromatic rings. The third-order valence-corrected chi connectivity index (χ3v) is 16.8. The molecule has 358 valence electrons. The molecule has 0 fully saturated rings. The van der Waals surface area contributed by atoms with Gasteiger partial charge in [-0.3, -0.25) is 0 Å². The molecule has 12 rings (SSSR count). The Balaban J connectivity index is 1.20. The highest BCUT2D eigenvalue weighted by Gasteiger charge is 2.44. The van der Waals surface area contributed by atoms with Crippen LogP contribution in [0.5, 0.6) is 0 Å². The van der Waals surface area contributed by atoms with Crippen LogP contribution >= 0.6 is 11.3 Å². The normalized spacial score (nSPS) is 13.6. The lowest BCUT2D eigenvalue weighted by Crippen LogP contribution is -2.60. The second-order valence-corrected chi connectivity index (χ2v) is 25.9. The van der Waals surface area contributed by atoms with Gasteiger partial charge in [0.15, 0.2) is 0 Å². The molecular formula is C67H66BN3S. The second kappa shape index (κ2) is 16.1. The molecule has 3 nitrogen and oxygen atoms in total. The molecule has 2 aromatic heterocycles. The van der Waals surface area contributed by atoms with Crippen molar-refractivity contribution < 1.29 is 0 Å². The molecule has 4 heterocycles. The van der Waals surface area contributed by atoms with Crippen LogP contribution in [0.15, 0.2) is 164 Å². The van der Waals surface area contributed by atoms with Crippen molar-refractivity contribution in [3.05, 3.63) is 192 Å². The minimum atomic E-state index is -0.0698. The summed E-state index contributed by atoms with van der Waals surface area (Å²) in [7, 11) is 0. The van der Waals surface area contributed by atoms with Gasteiger partial charge >= 0.3 is 0 Å². The Morgan fingerprint density at radius 2 is 1.01 bits per heavy atom. The van der Waals surface area contributed by atoms with Crippen molar-refractivity contribution >= 4 is 99.8 Å². The predicted molar refractivity (Wildman–Crippen MR) is 315 cm³/mol. The quantitative estimate of drug-likeness (QED) is 0.159. The molecule has 0 N–H and O–H groups in total. The first-order valence-electron chi connectivity index (χ1n) is 26.0. The summed E-state index contributed by atoms with van der Waals surface area (Å²) in [5.74, 6) is 0. The van der Waals surface area contributed by atoms with Gasteiger partial charge < -0.3 is 14.4 Å². The average molecular weight is 956 g/mol. The largest absolute Gasteiger partial charge is 0.311 e. The summed E-state index contributed by atoms with van der Waals surface area (Å²) in [5.41, 5.74) is 22.6. The van der Waals surface area contributed by atoms with Gasteiger partial charge in [0.25, 0.3) is 6.71 Å². The molecule has 0 saturated heterocycles. The van der Waals surface area contributed by atoms with Crippen molar-refractivity contribution in [3.63, 3.8) is 0 Å². The Kier molecular flexibility index (Phi) is 10.3. The summed E-state index contributed by atoms with van der Waals surface area (Å²) >= 11 is 1.93. The van der Waals surface area contributed by atoms with E-state index in [1.807, 2.05) is 11.3 Å². The van der Waals surface area contributed by atoms with Crippen molar-refractivity contribution in [2.24, 2.45) is 0 Å². The first-order chi connectivity index (χ1) is 34.1. The zero-order chi connectivity index (χ0) is 50.4. The number of fused-ring (bicyclic) bond motifs is 9. The molecule has 2 aliphatic rings. The van der Waals surface area contributed by atoms with Crippen molar-refractivity contribution in [3.8, 4) is 16.8 Å². The molecule has 5 heteroatoms. The predicted octanol–water partition coefficient (Wildman–Crippen LogP) is 17.2. The van der Waals surface area contributed by atoms with Gasteiger partial charge in [0, 0.05) is 60.5 Å². The number of hydrogen-bond donors (Lipinski definition) is 0.